The standard InChI is InChI=1S/C23H26ClN3O2/c24-19-11-12-20-21(13-15-26-22(20)16-19)25-14-7-2-1-6-10-23(28)27-29-17-18-8-4-3-5-9-18/h3-5,8-9,11-13,15-16H,1-2,6-7,10,14,17H2,(H,25,26)(H,27,28). The second-order valence-corrected chi connectivity index (χ2v) is 7.35. The van der Waals surface area contributed by atoms with Crippen molar-refractivity contribution in [2.24, 2.45) is 0 Å². The van der Waals surface area contributed by atoms with Crippen molar-refractivity contribution >= 4 is 34.1 Å². The van der Waals surface area contributed by atoms with Crippen molar-refractivity contribution in [1.29, 1.82) is 0 Å². The van der Waals surface area contributed by atoms with Crippen molar-refractivity contribution in [1.82, 2.24) is 10.5 Å². The molecule has 6 heteroatoms. The van der Waals surface area contributed by atoms with Gasteiger partial charge in [-0.15, -0.1) is 0 Å². The highest BCUT2D eigenvalue weighted by Crippen LogP contribution is 2.24. The van der Waals surface area contributed by atoms with Crippen LogP contribution in [0.5, 0.6) is 0 Å². The number of amides is 1. The second kappa shape index (κ2) is 11.4. The Balaban J connectivity index is 1.25. The van der Waals surface area contributed by atoms with Crippen LogP contribution in [0.3, 0.4) is 0 Å². The molecule has 1 heterocycles. The van der Waals surface area contributed by atoms with Crippen molar-refractivity contribution in [3.63, 3.8) is 0 Å². The van der Waals surface area contributed by atoms with Gasteiger partial charge in [0.05, 0.1) is 12.1 Å². The lowest BCUT2D eigenvalue weighted by atomic mass is 10.1. The maximum Gasteiger partial charge on any atom is 0.243 e. The third-order valence-corrected chi connectivity index (χ3v) is 4.85. The molecule has 0 aliphatic carbocycles. The first-order valence-electron chi connectivity index (χ1n) is 9.95. The third kappa shape index (κ3) is 7.04. The smallest absolute Gasteiger partial charge is 0.243 e. The van der Waals surface area contributed by atoms with Crippen LogP contribution in [-0.4, -0.2) is 17.4 Å². The number of hydroxylamine groups is 1. The van der Waals surface area contributed by atoms with Crippen LogP contribution < -0.4 is 10.8 Å². The highest BCUT2D eigenvalue weighted by atomic mass is 35.5. The third-order valence-electron chi connectivity index (χ3n) is 4.62. The van der Waals surface area contributed by atoms with Crippen molar-refractivity contribution in [2.75, 3.05) is 11.9 Å². The maximum atomic E-state index is 11.8. The Morgan fingerprint density at radius 1 is 1.00 bits per heavy atom. The van der Waals surface area contributed by atoms with E-state index < -0.39 is 0 Å². The fourth-order valence-corrected chi connectivity index (χ4v) is 3.25. The largest absolute Gasteiger partial charge is 0.384 e. The molecular formula is C23H26ClN3O2. The summed E-state index contributed by atoms with van der Waals surface area (Å²) in [7, 11) is 0. The van der Waals surface area contributed by atoms with Gasteiger partial charge in [0, 0.05) is 35.3 Å². The molecule has 0 bridgehead atoms. The molecule has 0 fully saturated rings. The first-order valence-corrected chi connectivity index (χ1v) is 10.3. The number of anilines is 1. The summed E-state index contributed by atoms with van der Waals surface area (Å²) in [6.45, 7) is 1.27. The molecule has 2 N–H and O–H groups in total. The highest BCUT2D eigenvalue weighted by molar-refractivity contribution is 6.31. The molecular weight excluding hydrogens is 386 g/mol. The predicted octanol–water partition coefficient (Wildman–Crippen LogP) is 5.50. The Kier molecular flexibility index (Phi) is 8.28. The van der Waals surface area contributed by atoms with E-state index in [4.69, 9.17) is 16.4 Å². The van der Waals surface area contributed by atoms with Gasteiger partial charge in [-0.3, -0.25) is 14.6 Å². The van der Waals surface area contributed by atoms with E-state index >= 15 is 0 Å². The molecule has 0 spiro atoms. The normalized spacial score (nSPS) is 10.8. The summed E-state index contributed by atoms with van der Waals surface area (Å²) in [6.07, 6.45) is 6.26. The molecule has 0 aliphatic rings. The van der Waals surface area contributed by atoms with E-state index in [2.05, 4.69) is 15.8 Å². The zero-order chi connectivity index (χ0) is 20.3. The van der Waals surface area contributed by atoms with Gasteiger partial charge >= 0.3 is 0 Å². The molecule has 0 radical (unpaired) electrons. The summed E-state index contributed by atoms with van der Waals surface area (Å²) >= 11 is 6.03. The second-order valence-electron chi connectivity index (χ2n) is 6.91. The number of pyridine rings is 1. The van der Waals surface area contributed by atoms with E-state index in [1.165, 1.54) is 0 Å². The van der Waals surface area contributed by atoms with Crippen molar-refractivity contribution in [3.05, 3.63) is 71.4 Å². The fourth-order valence-electron chi connectivity index (χ4n) is 3.09. The SMILES string of the molecule is O=C(CCCCCCNc1ccnc2cc(Cl)ccc12)NOCc1ccccc1. The van der Waals surface area contributed by atoms with E-state index in [1.54, 1.807) is 6.20 Å². The first kappa shape index (κ1) is 21.1. The summed E-state index contributed by atoms with van der Waals surface area (Å²) in [6, 6.07) is 17.5. The van der Waals surface area contributed by atoms with Crippen molar-refractivity contribution < 1.29 is 9.63 Å². The van der Waals surface area contributed by atoms with Gasteiger partial charge in [-0.05, 0) is 42.7 Å². The van der Waals surface area contributed by atoms with Gasteiger partial charge in [-0.25, -0.2) is 5.48 Å². The van der Waals surface area contributed by atoms with E-state index in [-0.39, 0.29) is 5.91 Å². The fraction of sp³-hybridized carbons (Fsp3) is 0.304. The molecule has 152 valence electrons. The molecule has 2 aromatic carbocycles. The van der Waals surface area contributed by atoms with Crippen LogP contribution >= 0.6 is 11.6 Å². The van der Waals surface area contributed by atoms with Gasteiger partial charge in [-0.1, -0.05) is 54.8 Å². The van der Waals surface area contributed by atoms with Crippen LogP contribution in [0.2, 0.25) is 5.02 Å². The average Bonchev–Trinajstić information content (AvgIpc) is 2.73. The number of nitrogens with zero attached hydrogens (tertiary/aromatic N) is 1. The van der Waals surface area contributed by atoms with Gasteiger partial charge in [0.1, 0.15) is 0 Å². The van der Waals surface area contributed by atoms with Crippen molar-refractivity contribution in [3.8, 4) is 0 Å². The lowest BCUT2D eigenvalue weighted by Gasteiger charge is -2.09. The van der Waals surface area contributed by atoms with Crippen LogP contribution in [0.25, 0.3) is 10.9 Å². The van der Waals surface area contributed by atoms with Crippen LogP contribution in [0.15, 0.2) is 60.8 Å². The highest BCUT2D eigenvalue weighted by Gasteiger charge is 2.03. The zero-order valence-corrected chi connectivity index (χ0v) is 17.1. The quantitative estimate of drug-likeness (QED) is 0.323. The molecule has 1 aromatic heterocycles. The molecule has 0 saturated carbocycles. The molecule has 1 amide bonds. The Labute approximate surface area is 176 Å². The molecule has 0 atom stereocenters. The minimum Gasteiger partial charge on any atom is -0.384 e. The van der Waals surface area contributed by atoms with Gasteiger partial charge in [0.2, 0.25) is 5.91 Å². The summed E-state index contributed by atoms with van der Waals surface area (Å²) in [5.41, 5.74) is 5.50. The molecule has 3 rings (SSSR count). The number of benzene rings is 2. The summed E-state index contributed by atoms with van der Waals surface area (Å²) in [5.74, 6) is -0.0685. The molecule has 0 aliphatic heterocycles. The summed E-state index contributed by atoms with van der Waals surface area (Å²) in [4.78, 5) is 21.4. The number of hydrogen-bond donors (Lipinski definition) is 2. The summed E-state index contributed by atoms with van der Waals surface area (Å²) in [5, 5.41) is 5.23. The number of nitrogens with one attached hydrogen (secondary N) is 2. The van der Waals surface area contributed by atoms with Crippen LogP contribution in [0.1, 0.15) is 37.7 Å². The Morgan fingerprint density at radius 2 is 1.83 bits per heavy atom. The van der Waals surface area contributed by atoms with E-state index in [0.717, 1.165) is 54.4 Å². The topological polar surface area (TPSA) is 63.2 Å². The number of unbranched alkanes of at least 4 members (excludes halogenated alkanes) is 3. The Hall–Kier alpha value is -2.63. The number of carbonyl (C=O) groups is 1. The number of aromatic nitrogens is 1. The zero-order valence-electron chi connectivity index (χ0n) is 16.4. The van der Waals surface area contributed by atoms with Crippen molar-refractivity contribution in [2.45, 2.75) is 38.7 Å². The predicted molar refractivity (Wildman–Crippen MR) is 118 cm³/mol. The van der Waals surface area contributed by atoms with Gasteiger partial charge in [0.15, 0.2) is 0 Å². The lowest BCUT2D eigenvalue weighted by molar-refractivity contribution is -0.134. The van der Waals surface area contributed by atoms with Gasteiger partial charge in [0.25, 0.3) is 0 Å². The molecule has 0 saturated heterocycles. The minimum atomic E-state index is -0.0685. The molecule has 0 unspecified atom stereocenters. The van der Waals surface area contributed by atoms with Crippen LogP contribution in [0, 0.1) is 0 Å². The van der Waals surface area contributed by atoms with E-state index in [1.807, 2.05) is 54.6 Å². The van der Waals surface area contributed by atoms with Crippen LogP contribution in [0.4, 0.5) is 5.69 Å². The Bertz CT molecular complexity index is 918. The average molecular weight is 412 g/mol. The first-order chi connectivity index (χ1) is 14.2. The summed E-state index contributed by atoms with van der Waals surface area (Å²) < 4.78 is 0. The van der Waals surface area contributed by atoms with Gasteiger partial charge < -0.3 is 5.32 Å². The number of carbonyl (C=O) groups excluding carboxylic acids is 1. The lowest BCUT2D eigenvalue weighted by Crippen LogP contribution is -2.23. The Morgan fingerprint density at radius 3 is 2.69 bits per heavy atom. The number of halogens is 1. The van der Waals surface area contributed by atoms with E-state index in [0.29, 0.717) is 18.1 Å². The molecule has 29 heavy (non-hydrogen) atoms. The molecule has 3 aromatic rings. The number of rotatable bonds is 11. The monoisotopic (exact) mass is 411 g/mol. The number of fused-ring (bicyclic) bond motifs is 1. The van der Waals surface area contributed by atoms with Crippen LogP contribution in [-0.2, 0) is 16.2 Å². The number of hydrogen-bond acceptors (Lipinski definition) is 4. The van der Waals surface area contributed by atoms with E-state index in [9.17, 15) is 4.79 Å². The van der Waals surface area contributed by atoms with Gasteiger partial charge in [-0.2, -0.15) is 0 Å². The maximum absolute atomic E-state index is 11.8. The molecule has 5 nitrogen and oxygen atoms in total. The minimum absolute atomic E-state index is 0.0685.